The lowest BCUT2D eigenvalue weighted by molar-refractivity contribution is -0.117. The number of rotatable bonds is 4. The van der Waals surface area contributed by atoms with E-state index in [9.17, 15) is 4.79 Å². The summed E-state index contributed by atoms with van der Waals surface area (Å²) in [6.45, 7) is 5.18. The van der Waals surface area contributed by atoms with Crippen molar-refractivity contribution in [3.8, 4) is 0 Å². The molecule has 0 saturated carbocycles. The first kappa shape index (κ1) is 14.8. The number of aromatic nitrogens is 1. The van der Waals surface area contributed by atoms with E-state index in [4.69, 9.17) is 4.52 Å². The van der Waals surface area contributed by atoms with E-state index in [1.165, 1.54) is 0 Å². The maximum Gasteiger partial charge on any atom is 0.238 e. The fraction of sp³-hybridized carbons (Fsp3) is 0.412. The minimum atomic E-state index is 0.0152. The Balaban J connectivity index is 1.64. The molecule has 0 radical (unpaired) electrons. The molecule has 1 aromatic carbocycles. The third-order valence-electron chi connectivity index (χ3n) is 4.12. The van der Waals surface area contributed by atoms with Crippen LogP contribution in [0.5, 0.6) is 0 Å². The number of hydrogen-bond acceptors (Lipinski definition) is 4. The molecule has 1 N–H and O–H groups in total. The molecule has 5 heteroatoms. The molecule has 0 spiro atoms. The number of anilines is 1. The maximum absolute atomic E-state index is 12.3. The molecule has 0 unspecified atom stereocenters. The van der Waals surface area contributed by atoms with E-state index >= 15 is 0 Å². The summed E-state index contributed by atoms with van der Waals surface area (Å²) in [6.07, 6.45) is 2.10. The van der Waals surface area contributed by atoms with Crippen LogP contribution in [-0.4, -0.2) is 29.1 Å². The lowest BCUT2D eigenvalue weighted by Crippen LogP contribution is -2.33. The Labute approximate surface area is 130 Å². The third-order valence-corrected chi connectivity index (χ3v) is 4.12. The van der Waals surface area contributed by atoms with Crippen LogP contribution in [0.4, 0.5) is 5.69 Å². The highest BCUT2D eigenvalue weighted by atomic mass is 16.5. The van der Waals surface area contributed by atoms with Crippen LogP contribution >= 0.6 is 0 Å². The number of nitrogens with one attached hydrogen (secondary N) is 1. The number of benzene rings is 1. The fourth-order valence-electron chi connectivity index (χ4n) is 2.98. The Morgan fingerprint density at radius 1 is 1.41 bits per heavy atom. The molecule has 5 nitrogen and oxygen atoms in total. The van der Waals surface area contributed by atoms with Gasteiger partial charge in [0.15, 0.2) is 0 Å². The normalized spacial score (nSPS) is 18.5. The van der Waals surface area contributed by atoms with Crippen molar-refractivity contribution in [3.05, 3.63) is 47.3 Å². The maximum atomic E-state index is 12.3. The molecule has 1 fully saturated rings. The van der Waals surface area contributed by atoms with Gasteiger partial charge in [0.05, 0.1) is 12.6 Å². The van der Waals surface area contributed by atoms with E-state index in [1.807, 2.05) is 44.2 Å². The van der Waals surface area contributed by atoms with Crippen molar-refractivity contribution in [1.29, 1.82) is 0 Å². The van der Waals surface area contributed by atoms with Gasteiger partial charge in [-0.15, -0.1) is 0 Å². The van der Waals surface area contributed by atoms with Crippen molar-refractivity contribution in [2.75, 3.05) is 18.4 Å². The van der Waals surface area contributed by atoms with Crippen LogP contribution in [0.1, 0.15) is 35.9 Å². The SMILES string of the molecule is Cc1cc([C@@H]2CCCN2CC(=O)Nc2ccccc2C)no1. The largest absolute Gasteiger partial charge is 0.361 e. The van der Waals surface area contributed by atoms with Crippen LogP contribution in [-0.2, 0) is 4.79 Å². The van der Waals surface area contributed by atoms with Crippen molar-refractivity contribution < 1.29 is 9.32 Å². The number of para-hydroxylation sites is 1. The summed E-state index contributed by atoms with van der Waals surface area (Å²) in [4.78, 5) is 14.5. The fourth-order valence-corrected chi connectivity index (χ4v) is 2.98. The standard InChI is InChI=1S/C17H21N3O2/c1-12-6-3-4-7-14(12)18-17(21)11-20-9-5-8-16(20)15-10-13(2)22-19-15/h3-4,6-7,10,16H,5,8-9,11H2,1-2H3,(H,18,21)/t16-/m0/s1. The summed E-state index contributed by atoms with van der Waals surface area (Å²) in [5.41, 5.74) is 2.88. The van der Waals surface area contributed by atoms with Crippen LogP contribution in [0.2, 0.25) is 0 Å². The summed E-state index contributed by atoms with van der Waals surface area (Å²) in [5.74, 6) is 0.827. The summed E-state index contributed by atoms with van der Waals surface area (Å²) < 4.78 is 5.16. The minimum absolute atomic E-state index is 0.0152. The van der Waals surface area contributed by atoms with Gasteiger partial charge in [-0.1, -0.05) is 23.4 Å². The van der Waals surface area contributed by atoms with Gasteiger partial charge in [0.1, 0.15) is 11.5 Å². The highest BCUT2D eigenvalue weighted by Crippen LogP contribution is 2.31. The minimum Gasteiger partial charge on any atom is -0.361 e. The smallest absolute Gasteiger partial charge is 0.238 e. The number of aryl methyl sites for hydroxylation is 2. The van der Waals surface area contributed by atoms with Crippen LogP contribution < -0.4 is 5.32 Å². The van der Waals surface area contributed by atoms with E-state index in [-0.39, 0.29) is 11.9 Å². The molecule has 1 amide bonds. The number of carbonyl (C=O) groups excluding carboxylic acids is 1. The number of amides is 1. The first-order valence-corrected chi connectivity index (χ1v) is 7.66. The highest BCUT2D eigenvalue weighted by molar-refractivity contribution is 5.93. The number of nitrogens with zero attached hydrogens (tertiary/aromatic N) is 2. The zero-order valence-corrected chi connectivity index (χ0v) is 13.0. The predicted molar refractivity (Wildman–Crippen MR) is 84.6 cm³/mol. The molecular formula is C17H21N3O2. The quantitative estimate of drug-likeness (QED) is 0.942. The van der Waals surface area contributed by atoms with Crippen molar-refractivity contribution >= 4 is 11.6 Å². The Morgan fingerprint density at radius 3 is 2.95 bits per heavy atom. The Kier molecular flexibility index (Phi) is 4.24. The second kappa shape index (κ2) is 6.32. The van der Waals surface area contributed by atoms with Gasteiger partial charge in [0.25, 0.3) is 0 Å². The number of carbonyl (C=O) groups is 1. The second-order valence-electron chi connectivity index (χ2n) is 5.85. The molecule has 1 aromatic heterocycles. The van der Waals surface area contributed by atoms with Gasteiger partial charge in [0.2, 0.25) is 5.91 Å². The van der Waals surface area contributed by atoms with Crippen LogP contribution in [0, 0.1) is 13.8 Å². The second-order valence-corrected chi connectivity index (χ2v) is 5.85. The van der Waals surface area contributed by atoms with Crippen molar-refractivity contribution in [3.63, 3.8) is 0 Å². The van der Waals surface area contributed by atoms with Crippen LogP contribution in [0.15, 0.2) is 34.9 Å². The molecule has 1 aliphatic heterocycles. The molecular weight excluding hydrogens is 278 g/mol. The predicted octanol–water partition coefficient (Wildman–Crippen LogP) is 3.07. The van der Waals surface area contributed by atoms with Gasteiger partial charge < -0.3 is 9.84 Å². The van der Waals surface area contributed by atoms with E-state index in [0.29, 0.717) is 6.54 Å². The van der Waals surface area contributed by atoms with E-state index < -0.39 is 0 Å². The Morgan fingerprint density at radius 2 is 2.23 bits per heavy atom. The lowest BCUT2D eigenvalue weighted by Gasteiger charge is -2.22. The first-order chi connectivity index (χ1) is 10.6. The Hall–Kier alpha value is -2.14. The molecule has 0 bridgehead atoms. The molecule has 2 aromatic rings. The molecule has 0 aliphatic carbocycles. The number of hydrogen-bond donors (Lipinski definition) is 1. The monoisotopic (exact) mass is 299 g/mol. The molecule has 1 aliphatic rings. The van der Waals surface area contributed by atoms with Crippen LogP contribution in [0.25, 0.3) is 0 Å². The van der Waals surface area contributed by atoms with Gasteiger partial charge in [0, 0.05) is 11.8 Å². The molecule has 1 saturated heterocycles. The van der Waals surface area contributed by atoms with E-state index in [2.05, 4.69) is 15.4 Å². The van der Waals surface area contributed by atoms with Gasteiger partial charge in [-0.3, -0.25) is 9.69 Å². The zero-order chi connectivity index (χ0) is 15.5. The van der Waals surface area contributed by atoms with Gasteiger partial charge >= 0.3 is 0 Å². The highest BCUT2D eigenvalue weighted by Gasteiger charge is 2.29. The topological polar surface area (TPSA) is 58.4 Å². The van der Waals surface area contributed by atoms with Crippen LogP contribution in [0.3, 0.4) is 0 Å². The average molecular weight is 299 g/mol. The molecule has 1 atom stereocenters. The van der Waals surface area contributed by atoms with E-state index in [0.717, 1.165) is 42.1 Å². The molecule has 22 heavy (non-hydrogen) atoms. The summed E-state index contributed by atoms with van der Waals surface area (Å²) in [7, 11) is 0. The third kappa shape index (κ3) is 3.20. The summed E-state index contributed by atoms with van der Waals surface area (Å²) >= 11 is 0. The molecule has 2 heterocycles. The van der Waals surface area contributed by atoms with E-state index in [1.54, 1.807) is 0 Å². The van der Waals surface area contributed by atoms with Gasteiger partial charge in [-0.2, -0.15) is 0 Å². The summed E-state index contributed by atoms with van der Waals surface area (Å²) in [6, 6.07) is 9.96. The lowest BCUT2D eigenvalue weighted by atomic mass is 10.1. The molecule has 3 rings (SSSR count). The summed E-state index contributed by atoms with van der Waals surface area (Å²) in [5, 5.41) is 7.09. The van der Waals surface area contributed by atoms with Gasteiger partial charge in [-0.05, 0) is 44.9 Å². The van der Waals surface area contributed by atoms with Crippen molar-refractivity contribution in [1.82, 2.24) is 10.1 Å². The van der Waals surface area contributed by atoms with Crippen molar-refractivity contribution in [2.45, 2.75) is 32.7 Å². The first-order valence-electron chi connectivity index (χ1n) is 7.66. The average Bonchev–Trinajstić information content (AvgIpc) is 3.10. The molecule has 116 valence electrons. The Bertz CT molecular complexity index is 665. The zero-order valence-electron chi connectivity index (χ0n) is 13.0. The van der Waals surface area contributed by atoms with Gasteiger partial charge in [-0.25, -0.2) is 0 Å². The number of likely N-dealkylation sites (tertiary alicyclic amines) is 1. The van der Waals surface area contributed by atoms with Crippen molar-refractivity contribution in [2.24, 2.45) is 0 Å².